The monoisotopic (exact) mass is 370 g/mol. The predicted molar refractivity (Wildman–Crippen MR) is 96.1 cm³/mol. The number of nitrogens with zero attached hydrogens (tertiary/aromatic N) is 4. The maximum absolute atomic E-state index is 13.7. The summed E-state index contributed by atoms with van der Waals surface area (Å²) in [5, 5.41) is 0. The fourth-order valence-corrected chi connectivity index (χ4v) is 4.32. The van der Waals surface area contributed by atoms with Gasteiger partial charge in [-0.1, -0.05) is 6.07 Å². The molecule has 5 rings (SSSR count). The molecular weight excluding hydrogens is 350 g/mol. The second-order valence-corrected chi connectivity index (χ2v) is 7.48. The Bertz CT molecular complexity index is 973. The third-order valence-corrected chi connectivity index (χ3v) is 5.87. The number of imidazole rings is 1. The Kier molecular flexibility index (Phi) is 3.86. The van der Waals surface area contributed by atoms with Crippen LogP contribution in [0.5, 0.6) is 5.75 Å². The van der Waals surface area contributed by atoms with Crippen LogP contribution in [0.4, 0.5) is 8.78 Å². The minimum absolute atomic E-state index is 0.258. The van der Waals surface area contributed by atoms with Crippen molar-refractivity contribution in [2.45, 2.75) is 6.54 Å². The number of fused-ring (bicyclic) bond motifs is 2. The number of piperidine rings is 1. The lowest BCUT2D eigenvalue weighted by Gasteiger charge is -2.19. The number of likely N-dealkylation sites (tertiary alicyclic amines) is 1. The maximum atomic E-state index is 13.7. The van der Waals surface area contributed by atoms with Crippen LogP contribution in [-0.2, 0) is 13.6 Å². The molecule has 0 N–H and O–H groups in total. The SMILES string of the molecule is Cn1c(CN2C[C@@H]3C(COc4c(F)cccc4F)[C@@H]3C2)nc2cccnc21. The molecule has 1 aromatic carbocycles. The van der Waals surface area contributed by atoms with Gasteiger partial charge in [-0.05, 0) is 36.1 Å². The molecule has 1 unspecified atom stereocenters. The molecule has 5 nitrogen and oxygen atoms in total. The van der Waals surface area contributed by atoms with Gasteiger partial charge in [-0.2, -0.15) is 0 Å². The molecule has 140 valence electrons. The summed E-state index contributed by atoms with van der Waals surface area (Å²) >= 11 is 0. The zero-order valence-corrected chi connectivity index (χ0v) is 15.0. The Hall–Kier alpha value is -2.54. The van der Waals surface area contributed by atoms with Crippen LogP contribution in [0.1, 0.15) is 5.82 Å². The van der Waals surface area contributed by atoms with Crippen molar-refractivity contribution >= 4 is 11.2 Å². The highest BCUT2D eigenvalue weighted by Crippen LogP contribution is 2.52. The van der Waals surface area contributed by atoms with E-state index < -0.39 is 11.6 Å². The van der Waals surface area contributed by atoms with Crippen molar-refractivity contribution in [2.24, 2.45) is 24.8 Å². The molecule has 0 bridgehead atoms. The minimum atomic E-state index is -0.641. The third kappa shape index (κ3) is 2.86. The van der Waals surface area contributed by atoms with E-state index >= 15 is 0 Å². The lowest BCUT2D eigenvalue weighted by molar-refractivity contribution is 0.216. The van der Waals surface area contributed by atoms with Crippen molar-refractivity contribution in [1.29, 1.82) is 0 Å². The number of hydrogen-bond acceptors (Lipinski definition) is 4. The van der Waals surface area contributed by atoms with Gasteiger partial charge in [0.15, 0.2) is 23.0 Å². The van der Waals surface area contributed by atoms with E-state index in [2.05, 4.69) is 14.9 Å². The molecule has 3 heterocycles. The van der Waals surface area contributed by atoms with Gasteiger partial charge in [0.05, 0.1) is 13.2 Å². The number of aromatic nitrogens is 3. The van der Waals surface area contributed by atoms with Crippen molar-refractivity contribution < 1.29 is 13.5 Å². The first-order valence-electron chi connectivity index (χ1n) is 9.17. The Balaban J connectivity index is 1.18. The number of para-hydroxylation sites is 1. The molecule has 0 radical (unpaired) electrons. The van der Waals surface area contributed by atoms with Crippen LogP contribution in [0, 0.1) is 29.4 Å². The van der Waals surface area contributed by atoms with Gasteiger partial charge in [0.1, 0.15) is 11.3 Å². The van der Waals surface area contributed by atoms with Gasteiger partial charge in [-0.15, -0.1) is 0 Å². The molecule has 1 aliphatic carbocycles. The molecule has 1 aliphatic heterocycles. The number of ether oxygens (including phenoxy) is 1. The number of aryl methyl sites for hydroxylation is 1. The molecule has 27 heavy (non-hydrogen) atoms. The molecule has 2 aromatic heterocycles. The molecule has 1 saturated carbocycles. The van der Waals surface area contributed by atoms with Crippen LogP contribution in [0.15, 0.2) is 36.5 Å². The van der Waals surface area contributed by atoms with Crippen LogP contribution < -0.4 is 4.74 Å². The molecule has 3 atom stereocenters. The van der Waals surface area contributed by atoms with E-state index in [9.17, 15) is 8.78 Å². The summed E-state index contributed by atoms with van der Waals surface area (Å²) < 4.78 is 34.8. The second-order valence-electron chi connectivity index (χ2n) is 7.48. The van der Waals surface area contributed by atoms with E-state index in [-0.39, 0.29) is 5.75 Å². The Morgan fingerprint density at radius 1 is 1.11 bits per heavy atom. The van der Waals surface area contributed by atoms with E-state index in [1.807, 2.05) is 23.7 Å². The molecule has 0 amide bonds. The highest BCUT2D eigenvalue weighted by molar-refractivity contribution is 5.70. The first-order chi connectivity index (χ1) is 13.1. The molecule has 3 aromatic rings. The molecule has 2 aliphatic rings. The number of halogens is 2. The van der Waals surface area contributed by atoms with Crippen molar-refractivity contribution in [3.8, 4) is 5.75 Å². The molecule has 1 saturated heterocycles. The maximum Gasteiger partial charge on any atom is 0.190 e. The van der Waals surface area contributed by atoms with Gasteiger partial charge in [-0.3, -0.25) is 4.90 Å². The van der Waals surface area contributed by atoms with Crippen LogP contribution in [0.3, 0.4) is 0 Å². The minimum Gasteiger partial charge on any atom is -0.487 e. The summed E-state index contributed by atoms with van der Waals surface area (Å²) in [6.07, 6.45) is 1.78. The van der Waals surface area contributed by atoms with Gasteiger partial charge in [0.2, 0.25) is 0 Å². The molecule has 7 heteroatoms. The average molecular weight is 370 g/mol. The van der Waals surface area contributed by atoms with Crippen molar-refractivity contribution in [3.05, 3.63) is 54.0 Å². The van der Waals surface area contributed by atoms with Crippen LogP contribution >= 0.6 is 0 Å². The van der Waals surface area contributed by atoms with E-state index in [0.29, 0.717) is 24.4 Å². The largest absolute Gasteiger partial charge is 0.487 e. The summed E-state index contributed by atoms with van der Waals surface area (Å²) in [6.45, 7) is 3.09. The summed E-state index contributed by atoms with van der Waals surface area (Å²) in [4.78, 5) is 11.4. The quantitative estimate of drug-likeness (QED) is 0.693. The zero-order valence-electron chi connectivity index (χ0n) is 15.0. The van der Waals surface area contributed by atoms with Gasteiger partial charge in [0, 0.05) is 32.3 Å². The highest BCUT2D eigenvalue weighted by atomic mass is 19.1. The van der Waals surface area contributed by atoms with Crippen molar-refractivity contribution in [1.82, 2.24) is 19.4 Å². The third-order valence-electron chi connectivity index (χ3n) is 5.87. The average Bonchev–Trinajstić information content (AvgIpc) is 2.98. The van der Waals surface area contributed by atoms with Gasteiger partial charge < -0.3 is 9.30 Å². The van der Waals surface area contributed by atoms with Crippen LogP contribution in [0.2, 0.25) is 0 Å². The predicted octanol–water partition coefficient (Wildman–Crippen LogP) is 3.00. The number of benzene rings is 1. The Morgan fingerprint density at radius 2 is 1.85 bits per heavy atom. The summed E-state index contributed by atoms with van der Waals surface area (Å²) in [5.74, 6) is 0.913. The highest BCUT2D eigenvalue weighted by Gasteiger charge is 2.55. The first kappa shape index (κ1) is 16.6. The van der Waals surface area contributed by atoms with Crippen molar-refractivity contribution in [2.75, 3.05) is 19.7 Å². The molecular formula is C20H20F2N4O. The Labute approximate surface area is 155 Å². The topological polar surface area (TPSA) is 43.2 Å². The molecule has 0 spiro atoms. The fraction of sp³-hybridized carbons (Fsp3) is 0.400. The molecule has 2 fully saturated rings. The van der Waals surface area contributed by atoms with Crippen LogP contribution in [0.25, 0.3) is 11.2 Å². The Morgan fingerprint density at radius 3 is 2.56 bits per heavy atom. The smallest absolute Gasteiger partial charge is 0.190 e. The van der Waals surface area contributed by atoms with Gasteiger partial charge in [-0.25, -0.2) is 18.7 Å². The van der Waals surface area contributed by atoms with E-state index in [4.69, 9.17) is 4.74 Å². The number of rotatable bonds is 5. The summed E-state index contributed by atoms with van der Waals surface area (Å²) in [7, 11) is 1.99. The lowest BCUT2D eigenvalue weighted by atomic mass is 10.2. The van der Waals surface area contributed by atoms with Gasteiger partial charge >= 0.3 is 0 Å². The van der Waals surface area contributed by atoms with Crippen LogP contribution in [-0.4, -0.2) is 39.1 Å². The summed E-state index contributed by atoms with van der Waals surface area (Å²) in [5.41, 5.74) is 1.81. The standard InChI is InChI=1S/C20H20F2N4O/c1-25-18(24-17-6-3-7-23-20(17)25)10-26-8-12-13(9-26)14(12)11-27-19-15(21)4-2-5-16(19)22/h2-7,12-14H,8-11H2,1H3/t12-,13+,14?. The fourth-order valence-electron chi connectivity index (χ4n) is 4.32. The lowest BCUT2D eigenvalue weighted by Crippen LogP contribution is -2.26. The number of hydrogen-bond donors (Lipinski definition) is 0. The van der Waals surface area contributed by atoms with Gasteiger partial charge in [0.25, 0.3) is 0 Å². The number of pyridine rings is 1. The van der Waals surface area contributed by atoms with E-state index in [0.717, 1.165) is 36.6 Å². The van der Waals surface area contributed by atoms with E-state index in [1.54, 1.807) is 6.20 Å². The zero-order chi connectivity index (χ0) is 18.5. The first-order valence-corrected chi connectivity index (χ1v) is 9.17. The van der Waals surface area contributed by atoms with Crippen molar-refractivity contribution in [3.63, 3.8) is 0 Å². The van der Waals surface area contributed by atoms with E-state index in [1.165, 1.54) is 18.2 Å². The second kappa shape index (κ2) is 6.27. The normalized spacial score (nSPS) is 24.3. The summed E-state index contributed by atoms with van der Waals surface area (Å²) in [6, 6.07) is 7.66.